The fourth-order valence-electron chi connectivity index (χ4n) is 5.24. The molecule has 0 aromatic carbocycles. The number of fused-ring (bicyclic) bond motifs is 1. The molecule has 0 N–H and O–H groups in total. The third-order valence-electron chi connectivity index (χ3n) is 7.50. The summed E-state index contributed by atoms with van der Waals surface area (Å²) >= 11 is 0. The molecular weight excluding hydrogens is 516 g/mol. The zero-order valence-corrected chi connectivity index (χ0v) is 22.2. The van der Waals surface area contributed by atoms with Crippen LogP contribution in [0.4, 0.5) is 11.8 Å². The molecule has 0 unspecified atom stereocenters. The number of anilines is 1. The van der Waals surface area contributed by atoms with Gasteiger partial charge in [0.25, 0.3) is 0 Å². The summed E-state index contributed by atoms with van der Waals surface area (Å²) in [4.78, 5) is 34.9. The predicted molar refractivity (Wildman–Crippen MR) is 144 cm³/mol. The second-order valence-electron chi connectivity index (χ2n) is 10.00. The normalized spacial score (nSPS) is 19.5. The number of pyridine rings is 2. The van der Waals surface area contributed by atoms with E-state index in [0.717, 1.165) is 61.2 Å². The molecule has 2 fully saturated rings. The Kier molecular flexibility index (Phi) is 7.36. The van der Waals surface area contributed by atoms with Crippen molar-refractivity contribution in [3.8, 4) is 11.6 Å². The van der Waals surface area contributed by atoms with Gasteiger partial charge in [-0.2, -0.15) is 4.98 Å². The molecule has 13 nitrogen and oxygen atoms in total. The van der Waals surface area contributed by atoms with E-state index < -0.39 is 4.92 Å². The molecule has 5 heterocycles. The van der Waals surface area contributed by atoms with Gasteiger partial charge in [0.05, 0.1) is 43.1 Å². The first kappa shape index (κ1) is 25.9. The van der Waals surface area contributed by atoms with E-state index in [2.05, 4.69) is 24.8 Å². The molecule has 0 amide bonds. The Morgan fingerprint density at radius 3 is 2.60 bits per heavy atom. The fraction of sp³-hybridized carbons (Fsp3) is 0.444. The highest BCUT2D eigenvalue weighted by molar-refractivity contribution is 5.87. The van der Waals surface area contributed by atoms with Gasteiger partial charge in [-0.15, -0.1) is 0 Å². The minimum Gasteiger partial charge on any atom is -0.484 e. The number of nitrogens with zero attached hydrogens (tertiary/aromatic N) is 8. The first-order chi connectivity index (χ1) is 19.5. The lowest BCUT2D eigenvalue weighted by molar-refractivity contribution is -0.396. The number of rotatable bonds is 8. The second-order valence-corrected chi connectivity index (χ2v) is 10.00. The van der Waals surface area contributed by atoms with Gasteiger partial charge in [0, 0.05) is 43.7 Å². The lowest BCUT2D eigenvalue weighted by atomic mass is 9.85. The van der Waals surface area contributed by atoms with Gasteiger partial charge >= 0.3 is 5.95 Å². The van der Waals surface area contributed by atoms with Crippen LogP contribution in [0.25, 0.3) is 10.9 Å². The van der Waals surface area contributed by atoms with Gasteiger partial charge < -0.3 is 29.2 Å². The molecule has 40 heavy (non-hydrogen) atoms. The van der Waals surface area contributed by atoms with E-state index in [1.807, 2.05) is 18.3 Å². The van der Waals surface area contributed by atoms with Crippen LogP contribution in [-0.4, -0.2) is 66.8 Å². The summed E-state index contributed by atoms with van der Waals surface area (Å²) in [7, 11) is 1.59. The Morgan fingerprint density at radius 2 is 1.88 bits per heavy atom. The summed E-state index contributed by atoms with van der Waals surface area (Å²) in [5, 5.41) is 11.9. The van der Waals surface area contributed by atoms with Gasteiger partial charge in [-0.3, -0.25) is 15.0 Å². The minimum atomic E-state index is -0.525. The van der Waals surface area contributed by atoms with Crippen LogP contribution in [0.1, 0.15) is 43.0 Å². The molecule has 1 aliphatic heterocycles. The largest absolute Gasteiger partial charge is 0.484 e. The lowest BCUT2D eigenvalue weighted by Gasteiger charge is -2.30. The van der Waals surface area contributed by atoms with Gasteiger partial charge in [0.1, 0.15) is 30.5 Å². The number of nitro groups is 1. The molecule has 6 rings (SSSR count). The quantitative estimate of drug-likeness (QED) is 0.236. The summed E-state index contributed by atoms with van der Waals surface area (Å²) < 4.78 is 19.4. The number of hydrogen-bond donors (Lipinski definition) is 0. The standard InChI is InChI=1S/C27H30N8O5/c1-33-19(14-31-27(33)35(36)37)17-39-21-12-22-23(30-15-21)13-25(34-8-10-38-11-9-34)32-26(22)40-20-4-2-18(3-5-20)24-16-28-6-7-29-24/h6-7,12-16,18,20H,2-5,8-11,17H2,1H3. The number of aromatic nitrogens is 6. The molecule has 0 radical (unpaired) electrons. The van der Waals surface area contributed by atoms with Crippen molar-refractivity contribution in [3.05, 3.63) is 64.6 Å². The van der Waals surface area contributed by atoms with E-state index in [1.165, 1.54) is 10.8 Å². The average molecular weight is 547 g/mol. The second kappa shape index (κ2) is 11.4. The molecule has 4 aromatic rings. The zero-order valence-electron chi connectivity index (χ0n) is 22.2. The van der Waals surface area contributed by atoms with Crippen molar-refractivity contribution in [2.45, 2.75) is 44.3 Å². The van der Waals surface area contributed by atoms with Gasteiger partial charge in [0.2, 0.25) is 5.88 Å². The summed E-state index contributed by atoms with van der Waals surface area (Å²) in [6.07, 6.45) is 12.1. The number of ether oxygens (including phenoxy) is 3. The van der Waals surface area contributed by atoms with Crippen molar-refractivity contribution in [2.24, 2.45) is 7.05 Å². The Bertz CT molecular complexity index is 1480. The smallest absolute Gasteiger partial charge is 0.434 e. The summed E-state index contributed by atoms with van der Waals surface area (Å²) in [6.45, 7) is 2.90. The van der Waals surface area contributed by atoms with Crippen molar-refractivity contribution in [1.29, 1.82) is 0 Å². The molecule has 0 spiro atoms. The Balaban J connectivity index is 1.24. The highest BCUT2D eigenvalue weighted by Gasteiger charge is 2.26. The lowest BCUT2D eigenvalue weighted by Crippen LogP contribution is -2.36. The zero-order chi connectivity index (χ0) is 27.5. The maximum absolute atomic E-state index is 11.1. The third kappa shape index (κ3) is 5.50. The molecular formula is C27H30N8O5. The average Bonchev–Trinajstić information content (AvgIpc) is 3.37. The predicted octanol–water partition coefficient (Wildman–Crippen LogP) is 3.58. The molecule has 2 aliphatic rings. The summed E-state index contributed by atoms with van der Waals surface area (Å²) in [6, 6.07) is 3.83. The van der Waals surface area contributed by atoms with Gasteiger partial charge in [-0.05, 0) is 36.7 Å². The van der Waals surface area contributed by atoms with Crippen LogP contribution in [-0.2, 0) is 18.4 Å². The number of imidazole rings is 1. The molecule has 1 saturated heterocycles. The van der Waals surface area contributed by atoms with Gasteiger partial charge in [0.15, 0.2) is 5.69 Å². The van der Waals surface area contributed by atoms with E-state index in [4.69, 9.17) is 19.2 Å². The van der Waals surface area contributed by atoms with Crippen LogP contribution < -0.4 is 14.4 Å². The molecule has 13 heteroatoms. The van der Waals surface area contributed by atoms with Crippen molar-refractivity contribution in [3.63, 3.8) is 0 Å². The molecule has 0 bridgehead atoms. The van der Waals surface area contributed by atoms with Crippen LogP contribution in [0.2, 0.25) is 0 Å². The SMILES string of the molecule is Cn1c(COc2cnc3cc(N4CCOCC4)nc(OC4CCC(c5cnccn5)CC4)c3c2)cnc1[N+](=O)[O-]. The first-order valence-electron chi connectivity index (χ1n) is 13.4. The molecule has 1 aliphatic carbocycles. The minimum absolute atomic E-state index is 0.0168. The topological polar surface area (TPSA) is 143 Å². The Morgan fingerprint density at radius 1 is 1.05 bits per heavy atom. The van der Waals surface area contributed by atoms with E-state index in [1.54, 1.807) is 25.6 Å². The Hall–Kier alpha value is -4.39. The van der Waals surface area contributed by atoms with Crippen molar-refractivity contribution < 1.29 is 19.1 Å². The van der Waals surface area contributed by atoms with Crippen LogP contribution in [0.5, 0.6) is 11.6 Å². The summed E-state index contributed by atoms with van der Waals surface area (Å²) in [5.74, 6) is 1.98. The van der Waals surface area contributed by atoms with Crippen LogP contribution in [0.15, 0.2) is 43.1 Å². The number of hydrogen-bond acceptors (Lipinski definition) is 11. The van der Waals surface area contributed by atoms with Gasteiger partial charge in [-0.1, -0.05) is 4.98 Å². The van der Waals surface area contributed by atoms with E-state index in [9.17, 15) is 10.1 Å². The van der Waals surface area contributed by atoms with E-state index in [0.29, 0.717) is 36.5 Å². The van der Waals surface area contributed by atoms with Gasteiger partial charge in [-0.25, -0.2) is 4.57 Å². The van der Waals surface area contributed by atoms with Crippen molar-refractivity contribution >= 4 is 22.7 Å². The monoisotopic (exact) mass is 546 g/mol. The van der Waals surface area contributed by atoms with Crippen molar-refractivity contribution in [1.82, 2.24) is 29.5 Å². The Labute approximate surface area is 230 Å². The highest BCUT2D eigenvalue weighted by atomic mass is 16.6. The fourth-order valence-corrected chi connectivity index (χ4v) is 5.24. The first-order valence-corrected chi connectivity index (χ1v) is 13.4. The number of morpholine rings is 1. The van der Waals surface area contributed by atoms with Crippen LogP contribution in [0, 0.1) is 10.1 Å². The molecule has 4 aromatic heterocycles. The van der Waals surface area contributed by atoms with Crippen LogP contribution in [0.3, 0.4) is 0 Å². The van der Waals surface area contributed by atoms with E-state index in [-0.39, 0.29) is 18.7 Å². The molecule has 0 atom stereocenters. The molecule has 208 valence electrons. The maximum atomic E-state index is 11.1. The summed E-state index contributed by atoms with van der Waals surface area (Å²) in [5.41, 5.74) is 2.36. The molecule has 1 saturated carbocycles. The van der Waals surface area contributed by atoms with Crippen LogP contribution >= 0.6 is 0 Å². The highest BCUT2D eigenvalue weighted by Crippen LogP contribution is 2.36. The van der Waals surface area contributed by atoms with Crippen molar-refractivity contribution in [2.75, 3.05) is 31.2 Å². The third-order valence-corrected chi connectivity index (χ3v) is 7.50. The maximum Gasteiger partial charge on any atom is 0.434 e. The van der Waals surface area contributed by atoms with E-state index >= 15 is 0 Å².